The Labute approximate surface area is 148 Å². The van der Waals surface area contributed by atoms with Crippen LogP contribution in [0.2, 0.25) is 0 Å². The standard InChI is InChI=1S/C14H15N7OS.ClH/c1-21-5-4-16-7-11(21)12-19-13(22-20-12)10-8-23-14(18-10)9-6-15-2-3-17-9;/h2-3,6,8,11,16H,4-5,7H2,1H3;1H. The van der Waals surface area contributed by atoms with Crippen LogP contribution in [0.1, 0.15) is 11.9 Å². The highest BCUT2D eigenvalue weighted by Crippen LogP contribution is 2.27. The molecule has 0 radical (unpaired) electrons. The average molecular weight is 366 g/mol. The van der Waals surface area contributed by atoms with Crippen LogP contribution in [-0.2, 0) is 0 Å². The average Bonchev–Trinajstić information content (AvgIpc) is 3.25. The van der Waals surface area contributed by atoms with Crippen molar-refractivity contribution in [2.45, 2.75) is 6.04 Å². The quantitative estimate of drug-likeness (QED) is 0.748. The van der Waals surface area contributed by atoms with E-state index in [0.717, 1.165) is 30.3 Å². The first-order chi connectivity index (χ1) is 11.3. The van der Waals surface area contributed by atoms with Crippen molar-refractivity contribution in [1.29, 1.82) is 0 Å². The lowest BCUT2D eigenvalue weighted by Crippen LogP contribution is -2.44. The maximum atomic E-state index is 5.39. The van der Waals surface area contributed by atoms with Gasteiger partial charge < -0.3 is 9.84 Å². The minimum atomic E-state index is 0. The Bertz CT molecular complexity index is 793. The van der Waals surface area contributed by atoms with Gasteiger partial charge in [0.15, 0.2) is 5.82 Å². The fraction of sp³-hybridized carbons (Fsp3) is 0.357. The van der Waals surface area contributed by atoms with Gasteiger partial charge in [-0.05, 0) is 7.05 Å². The van der Waals surface area contributed by atoms with Crippen LogP contribution in [0.3, 0.4) is 0 Å². The number of nitrogens with one attached hydrogen (secondary N) is 1. The van der Waals surface area contributed by atoms with Crippen LogP contribution in [0.15, 0.2) is 28.5 Å². The summed E-state index contributed by atoms with van der Waals surface area (Å²) in [7, 11) is 2.07. The third-order valence-corrected chi connectivity index (χ3v) is 4.62. The van der Waals surface area contributed by atoms with Crippen LogP contribution in [-0.4, -0.2) is 56.7 Å². The highest BCUT2D eigenvalue weighted by molar-refractivity contribution is 7.13. The third kappa shape index (κ3) is 3.29. The van der Waals surface area contributed by atoms with Gasteiger partial charge in [-0.25, -0.2) is 4.98 Å². The molecule has 3 aromatic heterocycles. The zero-order valence-corrected chi connectivity index (χ0v) is 14.5. The Morgan fingerprint density at radius 1 is 1.29 bits per heavy atom. The summed E-state index contributed by atoms with van der Waals surface area (Å²) in [6.45, 7) is 2.75. The van der Waals surface area contributed by atoms with Crippen LogP contribution >= 0.6 is 23.7 Å². The topological polar surface area (TPSA) is 92.9 Å². The van der Waals surface area contributed by atoms with Crippen molar-refractivity contribution in [1.82, 2.24) is 35.3 Å². The number of hydrogen-bond acceptors (Lipinski definition) is 9. The summed E-state index contributed by atoms with van der Waals surface area (Å²) in [6, 6.07) is 0.124. The molecule has 4 rings (SSSR count). The van der Waals surface area contributed by atoms with E-state index in [1.165, 1.54) is 11.3 Å². The summed E-state index contributed by atoms with van der Waals surface area (Å²) in [5.41, 5.74) is 1.40. The molecule has 1 N–H and O–H groups in total. The predicted molar refractivity (Wildman–Crippen MR) is 91.9 cm³/mol. The van der Waals surface area contributed by atoms with Gasteiger partial charge in [0, 0.05) is 37.4 Å². The second-order valence-corrected chi connectivity index (χ2v) is 6.14. The maximum absolute atomic E-state index is 5.39. The van der Waals surface area contributed by atoms with E-state index < -0.39 is 0 Å². The molecule has 126 valence electrons. The van der Waals surface area contributed by atoms with Gasteiger partial charge >= 0.3 is 0 Å². The van der Waals surface area contributed by atoms with Crippen LogP contribution in [0.25, 0.3) is 22.3 Å². The molecule has 4 heterocycles. The number of likely N-dealkylation sites (N-methyl/N-ethyl adjacent to an activating group) is 1. The first kappa shape index (κ1) is 16.9. The molecule has 8 nitrogen and oxygen atoms in total. The molecule has 24 heavy (non-hydrogen) atoms. The summed E-state index contributed by atoms with van der Waals surface area (Å²) < 4.78 is 5.39. The first-order valence-corrected chi connectivity index (χ1v) is 8.16. The number of rotatable bonds is 3. The van der Waals surface area contributed by atoms with E-state index in [1.807, 2.05) is 5.38 Å². The lowest BCUT2D eigenvalue weighted by Gasteiger charge is -2.30. The number of hydrogen-bond donors (Lipinski definition) is 1. The zero-order chi connectivity index (χ0) is 15.6. The molecule has 1 fully saturated rings. The fourth-order valence-corrected chi connectivity index (χ4v) is 3.22. The number of thiazole rings is 1. The second-order valence-electron chi connectivity index (χ2n) is 5.29. The van der Waals surface area contributed by atoms with Crippen molar-refractivity contribution in [3.63, 3.8) is 0 Å². The van der Waals surface area contributed by atoms with Crippen molar-refractivity contribution in [2.75, 3.05) is 26.7 Å². The summed E-state index contributed by atoms with van der Waals surface area (Å²) in [4.78, 5) is 19.6. The predicted octanol–water partition coefficient (Wildman–Crippen LogP) is 1.65. The number of aromatic nitrogens is 5. The Hall–Kier alpha value is -1.94. The molecular weight excluding hydrogens is 350 g/mol. The number of nitrogens with zero attached hydrogens (tertiary/aromatic N) is 6. The molecule has 3 aromatic rings. The molecule has 0 saturated carbocycles. The molecule has 1 aliphatic heterocycles. The molecule has 1 saturated heterocycles. The van der Waals surface area contributed by atoms with Gasteiger partial charge in [-0.1, -0.05) is 5.16 Å². The number of halogens is 1. The lowest BCUT2D eigenvalue weighted by atomic mass is 10.2. The van der Waals surface area contributed by atoms with E-state index in [0.29, 0.717) is 17.4 Å². The normalized spacial score (nSPS) is 18.3. The summed E-state index contributed by atoms with van der Waals surface area (Å²) in [5, 5.41) is 10.1. The van der Waals surface area contributed by atoms with Crippen LogP contribution in [0.5, 0.6) is 0 Å². The Morgan fingerprint density at radius 3 is 3.00 bits per heavy atom. The molecule has 0 aromatic carbocycles. The van der Waals surface area contributed by atoms with E-state index in [4.69, 9.17) is 4.52 Å². The van der Waals surface area contributed by atoms with Crippen molar-refractivity contribution in [3.8, 4) is 22.3 Å². The third-order valence-electron chi connectivity index (χ3n) is 3.76. The summed E-state index contributed by atoms with van der Waals surface area (Å²) >= 11 is 1.48. The first-order valence-electron chi connectivity index (χ1n) is 7.28. The SMILES string of the molecule is CN1CCNCC1c1noc(-c2csc(-c3cnccn3)n2)n1.Cl. The smallest absolute Gasteiger partial charge is 0.277 e. The highest BCUT2D eigenvalue weighted by Gasteiger charge is 2.26. The van der Waals surface area contributed by atoms with Gasteiger partial charge in [-0.15, -0.1) is 23.7 Å². The van der Waals surface area contributed by atoms with Gasteiger partial charge in [0.1, 0.15) is 16.4 Å². The lowest BCUT2D eigenvalue weighted by molar-refractivity contribution is 0.190. The van der Waals surface area contributed by atoms with Gasteiger partial charge in [0.25, 0.3) is 5.89 Å². The van der Waals surface area contributed by atoms with Gasteiger partial charge in [0.2, 0.25) is 0 Å². The van der Waals surface area contributed by atoms with Crippen LogP contribution in [0.4, 0.5) is 0 Å². The molecule has 0 aliphatic carbocycles. The van der Waals surface area contributed by atoms with Crippen molar-refractivity contribution >= 4 is 23.7 Å². The van der Waals surface area contributed by atoms with Gasteiger partial charge in [0.05, 0.1) is 12.2 Å². The van der Waals surface area contributed by atoms with E-state index in [-0.39, 0.29) is 18.4 Å². The Balaban J connectivity index is 0.00000169. The molecule has 1 atom stereocenters. The maximum Gasteiger partial charge on any atom is 0.277 e. The highest BCUT2D eigenvalue weighted by atomic mass is 35.5. The van der Waals surface area contributed by atoms with E-state index in [1.54, 1.807) is 18.6 Å². The van der Waals surface area contributed by atoms with Gasteiger partial charge in [-0.2, -0.15) is 4.98 Å². The van der Waals surface area contributed by atoms with Crippen molar-refractivity contribution in [2.24, 2.45) is 0 Å². The van der Waals surface area contributed by atoms with Crippen LogP contribution < -0.4 is 5.32 Å². The minimum absolute atomic E-state index is 0. The molecule has 0 amide bonds. The number of piperazine rings is 1. The van der Waals surface area contributed by atoms with Gasteiger partial charge in [-0.3, -0.25) is 14.9 Å². The van der Waals surface area contributed by atoms with Crippen LogP contribution in [0, 0.1) is 0 Å². The molecule has 10 heteroatoms. The zero-order valence-electron chi connectivity index (χ0n) is 12.9. The van der Waals surface area contributed by atoms with E-state index >= 15 is 0 Å². The molecule has 0 spiro atoms. The largest absolute Gasteiger partial charge is 0.332 e. The molecule has 1 aliphatic rings. The Kier molecular flexibility index (Phi) is 5.14. The molecular formula is C14H16ClN7OS. The summed E-state index contributed by atoms with van der Waals surface area (Å²) in [5.74, 6) is 1.12. The monoisotopic (exact) mass is 365 g/mol. The van der Waals surface area contributed by atoms with E-state index in [2.05, 4.69) is 42.4 Å². The van der Waals surface area contributed by atoms with E-state index in [9.17, 15) is 0 Å². The minimum Gasteiger partial charge on any atom is -0.332 e. The Morgan fingerprint density at radius 2 is 2.21 bits per heavy atom. The molecule has 0 bridgehead atoms. The van der Waals surface area contributed by atoms with Crippen molar-refractivity contribution in [3.05, 3.63) is 29.8 Å². The summed E-state index contributed by atoms with van der Waals surface area (Å²) in [6.07, 6.45) is 4.97. The van der Waals surface area contributed by atoms with Crippen molar-refractivity contribution < 1.29 is 4.52 Å². The molecule has 1 unspecified atom stereocenters. The fourth-order valence-electron chi connectivity index (χ4n) is 2.47. The second kappa shape index (κ2) is 7.31.